The van der Waals surface area contributed by atoms with Crippen molar-refractivity contribution in [3.05, 3.63) is 51.4 Å². The Morgan fingerprint density at radius 3 is 2.52 bits per heavy atom. The molecule has 8 heteroatoms. The number of nitrogens with zero attached hydrogens (tertiary/aromatic N) is 3. The fourth-order valence-electron chi connectivity index (χ4n) is 1.63. The first kappa shape index (κ1) is 15.0. The van der Waals surface area contributed by atoms with Crippen molar-refractivity contribution in [2.45, 2.75) is 6.92 Å². The van der Waals surface area contributed by atoms with Crippen molar-refractivity contribution in [2.24, 2.45) is 0 Å². The van der Waals surface area contributed by atoms with Crippen molar-refractivity contribution in [3.8, 4) is 11.6 Å². The van der Waals surface area contributed by atoms with Gasteiger partial charge in [-0.1, -0.05) is 18.2 Å². The van der Waals surface area contributed by atoms with E-state index < -0.39 is 4.92 Å². The molecule has 0 aliphatic heterocycles. The molecule has 1 aromatic carbocycles. The number of hydrogen-bond acceptors (Lipinski definition) is 6. The maximum Gasteiger partial charge on any atom is 0.352 e. The van der Waals surface area contributed by atoms with Gasteiger partial charge in [-0.2, -0.15) is 4.98 Å². The minimum absolute atomic E-state index is 0.0997. The fourth-order valence-corrected chi connectivity index (χ4v) is 1.84. The van der Waals surface area contributed by atoms with E-state index in [4.69, 9.17) is 21.1 Å². The minimum Gasteiger partial charge on any atom is -0.490 e. The van der Waals surface area contributed by atoms with E-state index in [0.29, 0.717) is 5.75 Å². The van der Waals surface area contributed by atoms with Crippen molar-refractivity contribution in [1.29, 1.82) is 0 Å². The third-order valence-electron chi connectivity index (χ3n) is 2.52. The number of nitro groups is 1. The van der Waals surface area contributed by atoms with Gasteiger partial charge in [-0.3, -0.25) is 10.1 Å². The Labute approximate surface area is 125 Å². The van der Waals surface area contributed by atoms with Crippen molar-refractivity contribution < 1.29 is 14.4 Å². The van der Waals surface area contributed by atoms with Crippen LogP contribution in [0.1, 0.15) is 5.69 Å². The SMILES string of the molecule is Cc1nc(Cl)nc(OCCOc2ccccc2)c1[N+](=O)[O-]. The van der Waals surface area contributed by atoms with Crippen LogP contribution in [0.4, 0.5) is 5.69 Å². The molecule has 2 rings (SSSR count). The van der Waals surface area contributed by atoms with E-state index in [9.17, 15) is 10.1 Å². The number of rotatable bonds is 6. The van der Waals surface area contributed by atoms with Crippen LogP contribution in [0.3, 0.4) is 0 Å². The Morgan fingerprint density at radius 2 is 1.86 bits per heavy atom. The van der Waals surface area contributed by atoms with Crippen molar-refractivity contribution in [2.75, 3.05) is 13.2 Å². The molecule has 2 aromatic rings. The van der Waals surface area contributed by atoms with Gasteiger partial charge in [-0.05, 0) is 30.7 Å². The van der Waals surface area contributed by atoms with E-state index in [1.54, 1.807) is 12.1 Å². The molecule has 1 aromatic heterocycles. The normalized spacial score (nSPS) is 10.2. The summed E-state index contributed by atoms with van der Waals surface area (Å²) in [7, 11) is 0. The first-order chi connectivity index (χ1) is 10.1. The number of benzene rings is 1. The Kier molecular flexibility index (Phi) is 4.89. The highest BCUT2D eigenvalue weighted by atomic mass is 35.5. The van der Waals surface area contributed by atoms with Gasteiger partial charge in [-0.25, -0.2) is 4.98 Å². The Morgan fingerprint density at radius 1 is 1.19 bits per heavy atom. The van der Waals surface area contributed by atoms with Crippen LogP contribution in [-0.2, 0) is 0 Å². The molecule has 0 fully saturated rings. The maximum absolute atomic E-state index is 11.0. The highest BCUT2D eigenvalue weighted by Gasteiger charge is 2.23. The zero-order chi connectivity index (χ0) is 15.2. The molecule has 0 spiro atoms. The molecule has 0 unspecified atom stereocenters. The molecule has 0 bridgehead atoms. The Hall–Kier alpha value is -2.41. The van der Waals surface area contributed by atoms with Gasteiger partial charge in [0, 0.05) is 0 Å². The Balaban J connectivity index is 1.98. The number of aryl methyl sites for hydroxylation is 1. The summed E-state index contributed by atoms with van der Waals surface area (Å²) >= 11 is 5.68. The van der Waals surface area contributed by atoms with Crippen LogP contribution < -0.4 is 9.47 Å². The monoisotopic (exact) mass is 309 g/mol. The van der Waals surface area contributed by atoms with Gasteiger partial charge >= 0.3 is 5.69 Å². The molecule has 0 saturated heterocycles. The van der Waals surface area contributed by atoms with Gasteiger partial charge in [0.15, 0.2) is 0 Å². The summed E-state index contributed by atoms with van der Waals surface area (Å²) in [6.07, 6.45) is 0. The topological polar surface area (TPSA) is 87.4 Å². The largest absolute Gasteiger partial charge is 0.490 e. The molecule has 0 aliphatic carbocycles. The van der Waals surface area contributed by atoms with Gasteiger partial charge < -0.3 is 9.47 Å². The lowest BCUT2D eigenvalue weighted by Gasteiger charge is -2.08. The van der Waals surface area contributed by atoms with Gasteiger partial charge in [0.1, 0.15) is 24.7 Å². The molecule has 0 amide bonds. The predicted molar refractivity (Wildman–Crippen MR) is 75.9 cm³/mol. The van der Waals surface area contributed by atoms with Crippen LogP contribution in [0, 0.1) is 17.0 Å². The molecule has 110 valence electrons. The summed E-state index contributed by atoms with van der Waals surface area (Å²) in [5.74, 6) is 0.529. The number of ether oxygens (including phenoxy) is 2. The predicted octanol–water partition coefficient (Wildman–Crippen LogP) is 2.80. The highest BCUT2D eigenvalue weighted by Crippen LogP contribution is 2.28. The number of hydrogen-bond donors (Lipinski definition) is 0. The van der Waals surface area contributed by atoms with Crippen LogP contribution in [-0.4, -0.2) is 28.1 Å². The lowest BCUT2D eigenvalue weighted by molar-refractivity contribution is -0.387. The quantitative estimate of drug-likeness (QED) is 0.353. The van der Waals surface area contributed by atoms with Crippen LogP contribution >= 0.6 is 11.6 Å². The summed E-state index contributed by atoms with van der Waals surface area (Å²) in [5, 5.41) is 10.9. The van der Waals surface area contributed by atoms with Crippen LogP contribution in [0.2, 0.25) is 5.28 Å². The molecule has 0 atom stereocenters. The zero-order valence-corrected chi connectivity index (χ0v) is 11.9. The molecule has 0 aliphatic rings. The van der Waals surface area contributed by atoms with Crippen LogP contribution in [0.5, 0.6) is 11.6 Å². The van der Waals surface area contributed by atoms with Gasteiger partial charge in [0.05, 0.1) is 4.92 Å². The third-order valence-corrected chi connectivity index (χ3v) is 2.68. The lowest BCUT2D eigenvalue weighted by Crippen LogP contribution is -2.12. The standard InChI is InChI=1S/C13H12ClN3O4/c1-9-11(17(18)19)12(16-13(14)15-9)21-8-7-20-10-5-3-2-4-6-10/h2-6H,7-8H2,1H3. The number of halogens is 1. The van der Waals surface area contributed by atoms with Crippen molar-refractivity contribution in [3.63, 3.8) is 0 Å². The van der Waals surface area contributed by atoms with Gasteiger partial charge in [-0.15, -0.1) is 0 Å². The average molecular weight is 310 g/mol. The summed E-state index contributed by atoms with van der Waals surface area (Å²) in [5.41, 5.74) is -0.141. The molecule has 7 nitrogen and oxygen atoms in total. The molecule has 0 radical (unpaired) electrons. The van der Waals surface area contributed by atoms with Crippen molar-refractivity contribution >= 4 is 17.3 Å². The van der Waals surface area contributed by atoms with E-state index in [0.717, 1.165) is 0 Å². The average Bonchev–Trinajstić information content (AvgIpc) is 2.43. The minimum atomic E-state index is -0.598. The fraction of sp³-hybridized carbons (Fsp3) is 0.231. The Bertz CT molecular complexity index is 637. The second kappa shape index (κ2) is 6.85. The molecule has 21 heavy (non-hydrogen) atoms. The van der Waals surface area contributed by atoms with E-state index in [1.165, 1.54) is 6.92 Å². The summed E-state index contributed by atoms with van der Waals surface area (Å²) in [6.45, 7) is 1.80. The number of aromatic nitrogens is 2. The molecular weight excluding hydrogens is 298 g/mol. The second-order valence-electron chi connectivity index (χ2n) is 4.00. The highest BCUT2D eigenvalue weighted by molar-refractivity contribution is 6.28. The zero-order valence-electron chi connectivity index (χ0n) is 11.2. The van der Waals surface area contributed by atoms with E-state index in [-0.39, 0.29) is 35.8 Å². The van der Waals surface area contributed by atoms with E-state index in [1.807, 2.05) is 18.2 Å². The van der Waals surface area contributed by atoms with Crippen LogP contribution in [0.15, 0.2) is 30.3 Å². The van der Waals surface area contributed by atoms with Crippen molar-refractivity contribution in [1.82, 2.24) is 9.97 Å². The van der Waals surface area contributed by atoms with E-state index >= 15 is 0 Å². The molecule has 0 saturated carbocycles. The second-order valence-corrected chi connectivity index (χ2v) is 4.34. The number of para-hydroxylation sites is 1. The third kappa shape index (κ3) is 4.03. The summed E-state index contributed by atoms with van der Waals surface area (Å²) in [4.78, 5) is 17.8. The van der Waals surface area contributed by atoms with Gasteiger partial charge in [0.25, 0.3) is 5.88 Å². The molecule has 0 N–H and O–H groups in total. The van der Waals surface area contributed by atoms with Gasteiger partial charge in [0.2, 0.25) is 5.28 Å². The maximum atomic E-state index is 11.0. The smallest absolute Gasteiger partial charge is 0.352 e. The molecular formula is C13H12ClN3O4. The molecule has 1 heterocycles. The van der Waals surface area contributed by atoms with Crippen LogP contribution in [0.25, 0.3) is 0 Å². The summed E-state index contributed by atoms with van der Waals surface area (Å²) < 4.78 is 10.7. The first-order valence-electron chi connectivity index (χ1n) is 6.07. The lowest BCUT2D eigenvalue weighted by atomic mass is 10.3. The first-order valence-corrected chi connectivity index (χ1v) is 6.45. The summed E-state index contributed by atoms with van der Waals surface area (Å²) in [6, 6.07) is 9.16. The van der Waals surface area contributed by atoms with E-state index in [2.05, 4.69) is 9.97 Å².